The van der Waals surface area contributed by atoms with Crippen molar-refractivity contribution in [3.8, 4) is 0 Å². The second-order valence-electron chi connectivity index (χ2n) is 4.11. The number of alkyl halides is 1. The van der Waals surface area contributed by atoms with Crippen LogP contribution in [0.5, 0.6) is 0 Å². The third-order valence-electron chi connectivity index (χ3n) is 2.04. The van der Waals surface area contributed by atoms with Crippen LogP contribution in [0.1, 0.15) is 20.8 Å². The fourth-order valence-electron chi connectivity index (χ4n) is 1.88. The topological polar surface area (TPSA) is 12.5 Å². The number of hydrogen-bond donors (Lipinski definition) is 0. The predicted octanol–water partition coefficient (Wildman–Crippen LogP) is 1.88. The molecular weight excluding hydrogens is 218 g/mol. The van der Waals surface area contributed by atoms with Crippen LogP contribution >= 0.6 is 15.9 Å². The second-order valence-corrected chi connectivity index (χ2v) is 4.91. The lowest BCUT2D eigenvalue weighted by molar-refractivity contribution is -0.127. The van der Waals surface area contributed by atoms with E-state index in [0.29, 0.717) is 6.10 Å². The van der Waals surface area contributed by atoms with Crippen LogP contribution in [0.25, 0.3) is 0 Å². The smallest absolute Gasteiger partial charge is 0.0757 e. The molecule has 1 unspecified atom stereocenters. The summed E-state index contributed by atoms with van der Waals surface area (Å²) in [4.78, 5) is 2.45. The Morgan fingerprint density at radius 2 is 2.25 bits per heavy atom. The Hall–Kier alpha value is 0.400. The monoisotopic (exact) mass is 235 g/mol. The van der Waals surface area contributed by atoms with Crippen LogP contribution < -0.4 is 0 Å². The largest absolute Gasteiger partial charge is 0.370 e. The molecule has 0 aromatic rings. The van der Waals surface area contributed by atoms with Gasteiger partial charge < -0.3 is 4.74 Å². The Labute approximate surface area is 83.4 Å². The summed E-state index contributed by atoms with van der Waals surface area (Å²) >= 11 is 3.46. The molecule has 0 aromatic heterocycles. The molecule has 3 heteroatoms. The van der Waals surface area contributed by atoms with Crippen molar-refractivity contribution < 1.29 is 4.74 Å². The molecule has 0 aliphatic carbocycles. The summed E-state index contributed by atoms with van der Waals surface area (Å²) in [6.45, 7) is 9.69. The van der Waals surface area contributed by atoms with E-state index in [0.717, 1.165) is 25.0 Å². The van der Waals surface area contributed by atoms with Crippen molar-refractivity contribution in [1.82, 2.24) is 4.90 Å². The quantitative estimate of drug-likeness (QED) is 0.679. The Morgan fingerprint density at radius 1 is 1.58 bits per heavy atom. The number of hydrogen-bond acceptors (Lipinski definition) is 2. The maximum atomic E-state index is 5.79. The van der Waals surface area contributed by atoms with Crippen molar-refractivity contribution in [1.29, 1.82) is 0 Å². The van der Waals surface area contributed by atoms with Gasteiger partial charge in [0.15, 0.2) is 0 Å². The fourth-order valence-corrected chi connectivity index (χ4v) is 2.38. The highest BCUT2D eigenvalue weighted by Gasteiger charge is 2.30. The average molecular weight is 236 g/mol. The molecule has 0 N–H and O–H groups in total. The first-order valence-corrected chi connectivity index (χ1v) is 5.62. The predicted molar refractivity (Wildman–Crippen MR) is 54.9 cm³/mol. The van der Waals surface area contributed by atoms with Gasteiger partial charge in [0.1, 0.15) is 0 Å². The first kappa shape index (κ1) is 10.5. The van der Waals surface area contributed by atoms with Gasteiger partial charge in [-0.1, -0.05) is 15.9 Å². The summed E-state index contributed by atoms with van der Waals surface area (Å²) in [6, 6.07) is 0. The molecule has 1 rings (SSSR count). The Morgan fingerprint density at radius 3 is 2.75 bits per heavy atom. The van der Waals surface area contributed by atoms with Crippen LogP contribution in [0, 0.1) is 0 Å². The molecule has 72 valence electrons. The average Bonchev–Trinajstić information content (AvgIpc) is 1.82. The lowest BCUT2D eigenvalue weighted by atomic mass is 10.1. The van der Waals surface area contributed by atoms with E-state index in [2.05, 4.69) is 41.6 Å². The molecule has 1 aliphatic heterocycles. The van der Waals surface area contributed by atoms with Crippen LogP contribution in [-0.2, 0) is 4.74 Å². The number of nitrogens with zero attached hydrogens (tertiary/aromatic N) is 1. The molecule has 0 saturated carbocycles. The summed E-state index contributed by atoms with van der Waals surface area (Å²) in [5.74, 6) is 0. The van der Waals surface area contributed by atoms with Crippen molar-refractivity contribution in [2.24, 2.45) is 0 Å². The molecule has 0 bridgehead atoms. The Kier molecular flexibility index (Phi) is 3.56. The van der Waals surface area contributed by atoms with Crippen LogP contribution in [0.4, 0.5) is 0 Å². The molecule has 0 radical (unpaired) electrons. The molecule has 1 saturated heterocycles. The van der Waals surface area contributed by atoms with Crippen molar-refractivity contribution in [3.05, 3.63) is 0 Å². The standard InChI is InChI=1S/C9H18BrNO/c1-8-6-11(5-4-10)7-9(2,3)12-8/h8H,4-7H2,1-3H3. The van der Waals surface area contributed by atoms with Crippen molar-refractivity contribution >= 4 is 15.9 Å². The van der Waals surface area contributed by atoms with Crippen molar-refractivity contribution in [2.75, 3.05) is 25.0 Å². The van der Waals surface area contributed by atoms with Gasteiger partial charge in [-0.25, -0.2) is 0 Å². The molecule has 1 heterocycles. The van der Waals surface area contributed by atoms with Gasteiger partial charge in [-0.05, 0) is 20.8 Å². The minimum Gasteiger partial charge on any atom is -0.370 e. The molecule has 1 aliphatic rings. The highest BCUT2D eigenvalue weighted by molar-refractivity contribution is 9.09. The van der Waals surface area contributed by atoms with Gasteiger partial charge >= 0.3 is 0 Å². The summed E-state index contributed by atoms with van der Waals surface area (Å²) in [6.07, 6.45) is 0.368. The minimum atomic E-state index is 0.0276. The van der Waals surface area contributed by atoms with Crippen molar-refractivity contribution in [3.63, 3.8) is 0 Å². The molecule has 1 atom stereocenters. The van der Waals surface area contributed by atoms with Crippen LogP contribution in [0.3, 0.4) is 0 Å². The van der Waals surface area contributed by atoms with E-state index < -0.39 is 0 Å². The van der Waals surface area contributed by atoms with Crippen molar-refractivity contribution in [2.45, 2.75) is 32.5 Å². The molecule has 1 fully saturated rings. The van der Waals surface area contributed by atoms with E-state index in [-0.39, 0.29) is 5.60 Å². The van der Waals surface area contributed by atoms with Gasteiger partial charge in [-0.2, -0.15) is 0 Å². The van der Waals surface area contributed by atoms with E-state index in [4.69, 9.17) is 4.74 Å². The summed E-state index contributed by atoms with van der Waals surface area (Å²) < 4.78 is 5.79. The van der Waals surface area contributed by atoms with E-state index in [1.807, 2.05) is 0 Å². The Balaban J connectivity index is 2.46. The van der Waals surface area contributed by atoms with Gasteiger partial charge in [0, 0.05) is 25.0 Å². The maximum absolute atomic E-state index is 5.79. The molecule has 2 nitrogen and oxygen atoms in total. The number of ether oxygens (including phenoxy) is 1. The highest BCUT2D eigenvalue weighted by atomic mass is 79.9. The molecule has 0 spiro atoms. The number of morpholine rings is 1. The van der Waals surface area contributed by atoms with Gasteiger partial charge in [-0.3, -0.25) is 4.90 Å². The molecule has 0 aromatic carbocycles. The summed E-state index contributed by atoms with van der Waals surface area (Å²) in [5, 5.41) is 1.05. The van der Waals surface area contributed by atoms with E-state index in [1.165, 1.54) is 0 Å². The van der Waals surface area contributed by atoms with E-state index in [1.54, 1.807) is 0 Å². The van der Waals surface area contributed by atoms with Crippen LogP contribution in [0.15, 0.2) is 0 Å². The zero-order valence-corrected chi connectivity index (χ0v) is 9.73. The van der Waals surface area contributed by atoms with Gasteiger partial charge in [0.05, 0.1) is 11.7 Å². The van der Waals surface area contributed by atoms with Gasteiger partial charge in [0.25, 0.3) is 0 Å². The minimum absolute atomic E-state index is 0.0276. The first-order valence-electron chi connectivity index (χ1n) is 4.49. The first-order chi connectivity index (χ1) is 5.53. The summed E-state index contributed by atoms with van der Waals surface area (Å²) in [7, 11) is 0. The number of rotatable bonds is 2. The molecule has 0 amide bonds. The lowest BCUT2D eigenvalue weighted by Crippen LogP contribution is -2.52. The summed E-state index contributed by atoms with van der Waals surface area (Å²) in [5.41, 5.74) is 0.0276. The van der Waals surface area contributed by atoms with Crippen LogP contribution in [0.2, 0.25) is 0 Å². The molecular formula is C9H18BrNO. The highest BCUT2D eigenvalue weighted by Crippen LogP contribution is 2.20. The molecule has 12 heavy (non-hydrogen) atoms. The third kappa shape index (κ3) is 3.04. The maximum Gasteiger partial charge on any atom is 0.0757 e. The zero-order valence-electron chi connectivity index (χ0n) is 8.14. The van der Waals surface area contributed by atoms with Gasteiger partial charge in [0.2, 0.25) is 0 Å². The number of halogens is 1. The second kappa shape index (κ2) is 4.07. The van der Waals surface area contributed by atoms with E-state index >= 15 is 0 Å². The fraction of sp³-hybridized carbons (Fsp3) is 1.00. The van der Waals surface area contributed by atoms with E-state index in [9.17, 15) is 0 Å². The van der Waals surface area contributed by atoms with Crippen LogP contribution in [-0.4, -0.2) is 41.6 Å². The third-order valence-corrected chi connectivity index (χ3v) is 2.40. The lowest BCUT2D eigenvalue weighted by Gasteiger charge is -2.41. The zero-order chi connectivity index (χ0) is 9.19. The SMILES string of the molecule is CC1CN(CCBr)CC(C)(C)O1. The Bertz CT molecular complexity index is 149. The normalized spacial score (nSPS) is 30.5. The van der Waals surface area contributed by atoms with Gasteiger partial charge in [-0.15, -0.1) is 0 Å².